The van der Waals surface area contributed by atoms with E-state index in [9.17, 15) is 10.1 Å². The number of rotatable bonds is 5. The van der Waals surface area contributed by atoms with Crippen LogP contribution in [-0.2, 0) is 6.54 Å². The molecule has 3 rings (SSSR count). The highest BCUT2D eigenvalue weighted by Crippen LogP contribution is 2.28. The van der Waals surface area contributed by atoms with Crippen molar-refractivity contribution >= 4 is 29.1 Å². The Balaban J connectivity index is 1.81. The molecule has 1 aliphatic rings. The second-order valence-electron chi connectivity index (χ2n) is 5.65. The molecule has 24 heavy (non-hydrogen) atoms. The molecule has 0 aliphatic carbocycles. The minimum atomic E-state index is -0.429. The average molecular weight is 348 g/mol. The molecule has 0 bridgehead atoms. The Morgan fingerprint density at radius 1 is 1.25 bits per heavy atom. The van der Waals surface area contributed by atoms with Gasteiger partial charge in [0.25, 0.3) is 0 Å². The molecule has 1 aromatic heterocycles. The Morgan fingerprint density at radius 2 is 2.00 bits per heavy atom. The topological polar surface area (TPSA) is 84.2 Å². The predicted molar refractivity (Wildman–Crippen MR) is 93.5 cm³/mol. The summed E-state index contributed by atoms with van der Waals surface area (Å²) in [7, 11) is 0. The largest absolute Gasteiger partial charge is 0.351 e. The van der Waals surface area contributed by atoms with Crippen LogP contribution in [0.3, 0.4) is 0 Å². The number of benzene rings is 1. The van der Waals surface area contributed by atoms with Gasteiger partial charge in [-0.1, -0.05) is 29.8 Å². The molecule has 1 aromatic carbocycles. The lowest BCUT2D eigenvalue weighted by Crippen LogP contribution is -2.31. The van der Waals surface area contributed by atoms with E-state index in [1.54, 1.807) is 0 Å². The first kappa shape index (κ1) is 16.4. The summed E-state index contributed by atoms with van der Waals surface area (Å²) < 4.78 is 0. The van der Waals surface area contributed by atoms with E-state index in [4.69, 9.17) is 11.6 Å². The van der Waals surface area contributed by atoms with Gasteiger partial charge in [-0.05, 0) is 30.9 Å². The molecule has 0 saturated carbocycles. The smallest absolute Gasteiger partial charge is 0.329 e. The van der Waals surface area contributed by atoms with Gasteiger partial charge in [0.05, 0.1) is 4.92 Å². The van der Waals surface area contributed by atoms with Crippen LogP contribution in [0.2, 0.25) is 5.02 Å². The number of hydrogen-bond acceptors (Lipinski definition) is 6. The van der Waals surface area contributed by atoms with Crippen LogP contribution in [0.1, 0.15) is 24.8 Å². The summed E-state index contributed by atoms with van der Waals surface area (Å²) in [6, 6.07) is 7.49. The summed E-state index contributed by atoms with van der Waals surface area (Å²) in [5, 5.41) is 15.0. The second-order valence-corrected chi connectivity index (χ2v) is 6.06. The second kappa shape index (κ2) is 7.44. The molecule has 7 nitrogen and oxygen atoms in total. The lowest BCUT2D eigenvalue weighted by Gasteiger charge is -2.27. The van der Waals surface area contributed by atoms with E-state index >= 15 is 0 Å². The van der Waals surface area contributed by atoms with Gasteiger partial charge in [0.2, 0.25) is 11.8 Å². The van der Waals surface area contributed by atoms with Gasteiger partial charge in [0.1, 0.15) is 6.20 Å². The van der Waals surface area contributed by atoms with Crippen LogP contribution in [-0.4, -0.2) is 28.0 Å². The van der Waals surface area contributed by atoms with Crippen molar-refractivity contribution in [3.63, 3.8) is 0 Å². The van der Waals surface area contributed by atoms with Gasteiger partial charge >= 0.3 is 5.69 Å². The van der Waals surface area contributed by atoms with Crippen molar-refractivity contribution in [1.82, 2.24) is 9.97 Å². The molecule has 8 heteroatoms. The molecule has 0 radical (unpaired) electrons. The third-order valence-corrected chi connectivity index (χ3v) is 4.37. The minimum Gasteiger partial charge on any atom is -0.351 e. The Morgan fingerprint density at radius 3 is 2.71 bits per heavy atom. The minimum absolute atomic E-state index is 0.0554. The van der Waals surface area contributed by atoms with Gasteiger partial charge in [-0.2, -0.15) is 4.98 Å². The lowest BCUT2D eigenvalue weighted by molar-refractivity contribution is -0.384. The van der Waals surface area contributed by atoms with Crippen LogP contribution in [0.5, 0.6) is 0 Å². The molecule has 2 aromatic rings. The number of halogens is 1. The first-order valence-electron chi connectivity index (χ1n) is 7.89. The molecular formula is C16H18ClN5O2. The molecule has 1 fully saturated rings. The van der Waals surface area contributed by atoms with Crippen LogP contribution < -0.4 is 10.2 Å². The maximum Gasteiger partial charge on any atom is 0.329 e. The van der Waals surface area contributed by atoms with Crippen LogP contribution in [0, 0.1) is 10.1 Å². The van der Waals surface area contributed by atoms with Crippen molar-refractivity contribution in [3.8, 4) is 0 Å². The summed E-state index contributed by atoms with van der Waals surface area (Å²) in [6.45, 7) is 2.01. The van der Waals surface area contributed by atoms with E-state index in [0.717, 1.165) is 37.9 Å². The van der Waals surface area contributed by atoms with Gasteiger partial charge in [0.15, 0.2) is 0 Å². The maximum absolute atomic E-state index is 11.3. The third kappa shape index (κ3) is 3.73. The first-order chi connectivity index (χ1) is 11.6. The number of nitrogens with one attached hydrogen (secondary N) is 1. The monoisotopic (exact) mass is 347 g/mol. The van der Waals surface area contributed by atoms with E-state index in [1.165, 1.54) is 6.20 Å². The van der Waals surface area contributed by atoms with Crippen LogP contribution >= 0.6 is 11.6 Å². The molecule has 0 spiro atoms. The zero-order valence-corrected chi connectivity index (χ0v) is 13.9. The lowest BCUT2D eigenvalue weighted by atomic mass is 10.1. The normalized spacial score (nSPS) is 14.5. The molecule has 1 N–H and O–H groups in total. The van der Waals surface area contributed by atoms with Crippen LogP contribution in [0.4, 0.5) is 17.5 Å². The molecule has 2 heterocycles. The van der Waals surface area contributed by atoms with Crippen LogP contribution in [0.15, 0.2) is 30.5 Å². The standard InChI is InChI=1S/C16H18ClN5O2/c17-13-7-3-2-6-12(13)10-18-16-19-11-14(22(23)24)15(20-16)21-8-4-1-5-9-21/h2-3,6-7,11H,1,4-5,8-10H2,(H,18,19,20). The van der Waals surface area contributed by atoms with E-state index in [-0.39, 0.29) is 5.69 Å². The fourth-order valence-corrected chi connectivity index (χ4v) is 2.94. The van der Waals surface area contributed by atoms with Crippen molar-refractivity contribution in [2.45, 2.75) is 25.8 Å². The van der Waals surface area contributed by atoms with Gasteiger partial charge in [-0.25, -0.2) is 4.98 Å². The van der Waals surface area contributed by atoms with E-state index in [2.05, 4.69) is 15.3 Å². The number of piperidine rings is 1. The van der Waals surface area contributed by atoms with E-state index in [1.807, 2.05) is 29.2 Å². The van der Waals surface area contributed by atoms with E-state index < -0.39 is 4.92 Å². The third-order valence-electron chi connectivity index (χ3n) is 4.00. The fourth-order valence-electron chi connectivity index (χ4n) is 2.73. The van der Waals surface area contributed by atoms with Gasteiger partial charge < -0.3 is 10.2 Å². The molecular weight excluding hydrogens is 330 g/mol. The molecule has 1 saturated heterocycles. The van der Waals surface area contributed by atoms with Crippen LogP contribution in [0.25, 0.3) is 0 Å². The highest BCUT2D eigenvalue weighted by Gasteiger charge is 2.24. The summed E-state index contributed by atoms with van der Waals surface area (Å²) in [6.07, 6.45) is 4.45. The summed E-state index contributed by atoms with van der Waals surface area (Å²) in [4.78, 5) is 21.2. The Labute approximate surface area is 144 Å². The first-order valence-corrected chi connectivity index (χ1v) is 8.26. The molecule has 1 aliphatic heterocycles. The summed E-state index contributed by atoms with van der Waals surface area (Å²) in [5.74, 6) is 0.748. The van der Waals surface area contributed by atoms with Crippen molar-refractivity contribution in [1.29, 1.82) is 0 Å². The Kier molecular flexibility index (Phi) is 5.10. The highest BCUT2D eigenvalue weighted by atomic mass is 35.5. The molecule has 0 amide bonds. The highest BCUT2D eigenvalue weighted by molar-refractivity contribution is 6.31. The van der Waals surface area contributed by atoms with Gasteiger partial charge in [-0.3, -0.25) is 10.1 Å². The van der Waals surface area contributed by atoms with Crippen molar-refractivity contribution in [2.24, 2.45) is 0 Å². The number of hydrogen-bond donors (Lipinski definition) is 1. The summed E-state index contributed by atoms with van der Waals surface area (Å²) in [5.41, 5.74) is 0.862. The molecule has 0 atom stereocenters. The number of nitro groups is 1. The summed E-state index contributed by atoms with van der Waals surface area (Å²) >= 11 is 6.13. The maximum atomic E-state index is 11.3. The van der Waals surface area contributed by atoms with Gasteiger partial charge in [-0.15, -0.1) is 0 Å². The van der Waals surface area contributed by atoms with Crippen molar-refractivity contribution in [3.05, 3.63) is 51.2 Å². The molecule has 126 valence electrons. The zero-order chi connectivity index (χ0) is 16.9. The number of aromatic nitrogens is 2. The average Bonchev–Trinajstić information content (AvgIpc) is 2.61. The predicted octanol–water partition coefficient (Wildman–Crippen LogP) is 3.64. The number of anilines is 2. The molecule has 0 unspecified atom stereocenters. The van der Waals surface area contributed by atoms with E-state index in [0.29, 0.717) is 23.3 Å². The van der Waals surface area contributed by atoms with Crippen molar-refractivity contribution < 1.29 is 4.92 Å². The SMILES string of the molecule is O=[N+]([O-])c1cnc(NCc2ccccc2Cl)nc1N1CCCCC1. The van der Waals surface area contributed by atoms with Gasteiger partial charge in [0, 0.05) is 24.7 Å². The van der Waals surface area contributed by atoms with Crippen molar-refractivity contribution in [2.75, 3.05) is 23.3 Å². The number of nitrogens with zero attached hydrogens (tertiary/aromatic N) is 4. The Hall–Kier alpha value is -2.41. The Bertz CT molecular complexity index is 734. The quantitative estimate of drug-likeness (QED) is 0.656. The zero-order valence-electron chi connectivity index (χ0n) is 13.1. The fraction of sp³-hybridized carbons (Fsp3) is 0.375.